The third-order valence-corrected chi connectivity index (χ3v) is 4.97. The SMILES string of the molecule is CN(Cc1noc(C2CC2)n1)[C@H]1CCN([C@H]2CCOC2=O)C1. The molecule has 7 nitrogen and oxygen atoms in total. The molecule has 120 valence electrons. The molecule has 1 aromatic heterocycles. The van der Waals surface area contributed by atoms with Crippen molar-refractivity contribution in [2.45, 2.75) is 50.2 Å². The lowest BCUT2D eigenvalue weighted by Gasteiger charge is -2.24. The van der Waals surface area contributed by atoms with Crippen LogP contribution in [0.3, 0.4) is 0 Å². The number of ether oxygens (including phenoxy) is 1. The number of carbonyl (C=O) groups is 1. The smallest absolute Gasteiger partial charge is 0.323 e. The summed E-state index contributed by atoms with van der Waals surface area (Å²) in [6.07, 6.45) is 4.23. The summed E-state index contributed by atoms with van der Waals surface area (Å²) in [7, 11) is 2.09. The summed E-state index contributed by atoms with van der Waals surface area (Å²) in [5.41, 5.74) is 0. The zero-order valence-electron chi connectivity index (χ0n) is 12.9. The Morgan fingerprint density at radius 3 is 2.91 bits per heavy atom. The van der Waals surface area contributed by atoms with E-state index in [0.717, 1.165) is 37.6 Å². The first-order valence-corrected chi connectivity index (χ1v) is 8.14. The molecule has 3 aliphatic rings. The molecule has 7 heteroatoms. The normalized spacial score (nSPS) is 29.5. The van der Waals surface area contributed by atoms with Crippen LogP contribution in [0.4, 0.5) is 0 Å². The second kappa shape index (κ2) is 5.62. The van der Waals surface area contributed by atoms with E-state index in [1.54, 1.807) is 0 Å². The molecular formula is C15H22N4O3. The first-order valence-electron chi connectivity index (χ1n) is 8.14. The van der Waals surface area contributed by atoms with E-state index in [9.17, 15) is 4.79 Å². The molecule has 3 heterocycles. The number of likely N-dealkylation sites (tertiary alicyclic amines) is 1. The van der Waals surface area contributed by atoms with Crippen LogP contribution in [0.2, 0.25) is 0 Å². The van der Waals surface area contributed by atoms with E-state index in [0.29, 0.717) is 25.1 Å². The monoisotopic (exact) mass is 306 g/mol. The van der Waals surface area contributed by atoms with E-state index in [2.05, 4.69) is 27.0 Å². The number of nitrogens with zero attached hydrogens (tertiary/aromatic N) is 4. The lowest BCUT2D eigenvalue weighted by molar-refractivity contribution is -0.142. The molecule has 1 aliphatic carbocycles. The van der Waals surface area contributed by atoms with E-state index in [-0.39, 0.29) is 12.0 Å². The highest BCUT2D eigenvalue weighted by Gasteiger charge is 2.38. The standard InChI is InChI=1S/C15H22N4O3/c1-18(9-13-16-14(22-17-13)10-2-3-10)11-4-6-19(8-11)12-5-7-21-15(12)20/h10-12H,2-9H2,1H3/t11-,12-/m0/s1. The van der Waals surface area contributed by atoms with Gasteiger partial charge in [-0.2, -0.15) is 4.98 Å². The fraction of sp³-hybridized carbons (Fsp3) is 0.800. The van der Waals surface area contributed by atoms with Crippen molar-refractivity contribution in [3.05, 3.63) is 11.7 Å². The number of esters is 1. The zero-order chi connectivity index (χ0) is 15.1. The fourth-order valence-corrected chi connectivity index (χ4v) is 3.41. The molecule has 3 fully saturated rings. The van der Waals surface area contributed by atoms with Gasteiger partial charge in [-0.1, -0.05) is 5.16 Å². The highest BCUT2D eigenvalue weighted by molar-refractivity contribution is 5.77. The maximum atomic E-state index is 11.7. The van der Waals surface area contributed by atoms with Gasteiger partial charge in [-0.25, -0.2) is 0 Å². The van der Waals surface area contributed by atoms with E-state index in [1.165, 1.54) is 12.8 Å². The lowest BCUT2D eigenvalue weighted by atomic mass is 10.2. The molecule has 2 saturated heterocycles. The highest BCUT2D eigenvalue weighted by atomic mass is 16.5. The molecule has 0 amide bonds. The van der Waals surface area contributed by atoms with Crippen LogP contribution in [0, 0.1) is 0 Å². The fourth-order valence-electron chi connectivity index (χ4n) is 3.41. The second-order valence-electron chi connectivity index (χ2n) is 6.65. The Hall–Kier alpha value is -1.47. The number of rotatable bonds is 5. The molecule has 2 aliphatic heterocycles. The van der Waals surface area contributed by atoms with E-state index >= 15 is 0 Å². The number of aromatic nitrogens is 2. The van der Waals surface area contributed by atoms with Crippen molar-refractivity contribution in [1.29, 1.82) is 0 Å². The molecule has 0 aromatic carbocycles. The van der Waals surface area contributed by atoms with Crippen LogP contribution in [0.5, 0.6) is 0 Å². The minimum atomic E-state index is -0.0597. The van der Waals surface area contributed by atoms with Gasteiger partial charge in [-0.05, 0) is 26.3 Å². The van der Waals surface area contributed by atoms with Crippen LogP contribution in [-0.2, 0) is 16.1 Å². The van der Waals surface area contributed by atoms with Gasteiger partial charge in [0.05, 0.1) is 13.2 Å². The lowest BCUT2D eigenvalue weighted by Crippen LogP contribution is -2.40. The van der Waals surface area contributed by atoms with Gasteiger partial charge in [-0.3, -0.25) is 14.6 Å². The van der Waals surface area contributed by atoms with Crippen molar-refractivity contribution in [3.63, 3.8) is 0 Å². The molecule has 22 heavy (non-hydrogen) atoms. The number of hydrogen-bond donors (Lipinski definition) is 0. The van der Waals surface area contributed by atoms with E-state index in [4.69, 9.17) is 9.26 Å². The third kappa shape index (κ3) is 2.75. The first kappa shape index (κ1) is 14.1. The summed E-state index contributed by atoms with van der Waals surface area (Å²) in [5.74, 6) is 2.01. The largest absolute Gasteiger partial charge is 0.464 e. The van der Waals surface area contributed by atoms with Gasteiger partial charge in [0.15, 0.2) is 5.82 Å². The highest BCUT2D eigenvalue weighted by Crippen LogP contribution is 2.38. The Labute approximate surface area is 129 Å². The maximum absolute atomic E-state index is 11.7. The second-order valence-corrected chi connectivity index (χ2v) is 6.65. The van der Waals surface area contributed by atoms with Gasteiger partial charge in [-0.15, -0.1) is 0 Å². The molecule has 0 bridgehead atoms. The van der Waals surface area contributed by atoms with Crippen LogP contribution in [0.15, 0.2) is 4.52 Å². The van der Waals surface area contributed by atoms with Gasteiger partial charge in [0, 0.05) is 31.5 Å². The average Bonchev–Trinajstić information content (AvgIpc) is 2.91. The molecule has 0 N–H and O–H groups in total. The van der Waals surface area contributed by atoms with Crippen LogP contribution in [0.25, 0.3) is 0 Å². The Balaban J connectivity index is 1.32. The summed E-state index contributed by atoms with van der Waals surface area (Å²) >= 11 is 0. The molecule has 2 atom stereocenters. The topological polar surface area (TPSA) is 71.7 Å². The maximum Gasteiger partial charge on any atom is 0.323 e. The molecule has 1 saturated carbocycles. The van der Waals surface area contributed by atoms with Gasteiger partial charge in [0.25, 0.3) is 0 Å². The van der Waals surface area contributed by atoms with E-state index < -0.39 is 0 Å². The van der Waals surface area contributed by atoms with Crippen LogP contribution < -0.4 is 0 Å². The van der Waals surface area contributed by atoms with Crippen LogP contribution in [0.1, 0.15) is 43.3 Å². The van der Waals surface area contributed by atoms with E-state index in [1.807, 2.05) is 0 Å². The Morgan fingerprint density at radius 1 is 1.32 bits per heavy atom. The molecule has 1 aromatic rings. The number of hydrogen-bond acceptors (Lipinski definition) is 7. The molecule has 0 unspecified atom stereocenters. The first-order chi connectivity index (χ1) is 10.7. The minimum absolute atomic E-state index is 0.0370. The average molecular weight is 306 g/mol. The summed E-state index contributed by atoms with van der Waals surface area (Å²) < 4.78 is 10.4. The van der Waals surface area contributed by atoms with Crippen molar-refractivity contribution in [1.82, 2.24) is 19.9 Å². The minimum Gasteiger partial charge on any atom is -0.464 e. The predicted molar refractivity (Wildman–Crippen MR) is 77.1 cm³/mol. The third-order valence-electron chi connectivity index (χ3n) is 4.97. The van der Waals surface area contributed by atoms with Crippen LogP contribution in [-0.4, -0.2) is 64.7 Å². The summed E-state index contributed by atoms with van der Waals surface area (Å²) in [5, 5.41) is 4.08. The van der Waals surface area contributed by atoms with Crippen LogP contribution >= 0.6 is 0 Å². The molecule has 4 rings (SSSR count). The molecule has 0 spiro atoms. The quantitative estimate of drug-likeness (QED) is 0.744. The molecule has 0 radical (unpaired) electrons. The summed E-state index contributed by atoms with van der Waals surface area (Å²) in [6, 6.07) is 0.390. The van der Waals surface area contributed by atoms with Crippen molar-refractivity contribution < 1.29 is 14.1 Å². The van der Waals surface area contributed by atoms with Gasteiger partial charge in [0.2, 0.25) is 5.89 Å². The van der Waals surface area contributed by atoms with Crippen molar-refractivity contribution in [3.8, 4) is 0 Å². The summed E-state index contributed by atoms with van der Waals surface area (Å²) in [6.45, 7) is 3.12. The Bertz CT molecular complexity index is 557. The Kier molecular flexibility index (Phi) is 3.62. The van der Waals surface area contributed by atoms with Crippen molar-refractivity contribution in [2.24, 2.45) is 0 Å². The number of likely N-dealkylation sites (N-methyl/N-ethyl adjacent to an activating group) is 1. The molecular weight excluding hydrogens is 284 g/mol. The predicted octanol–water partition coefficient (Wildman–Crippen LogP) is 0.769. The zero-order valence-corrected chi connectivity index (χ0v) is 12.9. The Morgan fingerprint density at radius 2 is 2.18 bits per heavy atom. The summed E-state index contributed by atoms with van der Waals surface area (Å²) in [4.78, 5) is 20.7. The van der Waals surface area contributed by atoms with Gasteiger partial charge < -0.3 is 9.26 Å². The number of carbonyl (C=O) groups excluding carboxylic acids is 1. The van der Waals surface area contributed by atoms with Crippen molar-refractivity contribution >= 4 is 5.97 Å². The van der Waals surface area contributed by atoms with Crippen molar-refractivity contribution in [2.75, 3.05) is 26.7 Å². The van der Waals surface area contributed by atoms with Gasteiger partial charge >= 0.3 is 5.97 Å². The van der Waals surface area contributed by atoms with Gasteiger partial charge in [0.1, 0.15) is 6.04 Å². The number of cyclic esters (lactones) is 1.